The molecule has 2 unspecified atom stereocenters. The van der Waals surface area contributed by atoms with Crippen LogP contribution in [0.2, 0.25) is 0 Å². The van der Waals surface area contributed by atoms with Crippen molar-refractivity contribution in [2.75, 3.05) is 0 Å². The molecular formula is C22H27NO4. The Labute approximate surface area is 159 Å². The standard InChI is InChI=1S/C22H27NO4/c1-22(2,3)27-21(25)23-17-5-4-6-18(23)13-16(12-17)20(24)15-7-8-19-14(11-15)9-10-26-19/h7-11,16-18H,4-6,12-13H2,1-3H3. The monoisotopic (exact) mass is 369 g/mol. The summed E-state index contributed by atoms with van der Waals surface area (Å²) in [5, 5.41) is 0.951. The lowest BCUT2D eigenvalue weighted by Crippen LogP contribution is -2.56. The molecule has 2 atom stereocenters. The highest BCUT2D eigenvalue weighted by atomic mass is 16.6. The number of fused-ring (bicyclic) bond motifs is 3. The highest BCUT2D eigenvalue weighted by Crippen LogP contribution is 2.39. The van der Waals surface area contributed by atoms with E-state index in [1.165, 1.54) is 0 Å². The van der Waals surface area contributed by atoms with Gasteiger partial charge in [0.05, 0.1) is 6.26 Å². The summed E-state index contributed by atoms with van der Waals surface area (Å²) in [6, 6.07) is 7.70. The molecule has 2 aromatic rings. The van der Waals surface area contributed by atoms with Gasteiger partial charge in [0, 0.05) is 29.0 Å². The molecule has 5 nitrogen and oxygen atoms in total. The second kappa shape index (κ2) is 6.70. The van der Waals surface area contributed by atoms with Gasteiger partial charge in [-0.1, -0.05) is 0 Å². The minimum Gasteiger partial charge on any atom is -0.464 e. The molecule has 0 radical (unpaired) electrons. The summed E-state index contributed by atoms with van der Waals surface area (Å²) in [7, 11) is 0. The van der Waals surface area contributed by atoms with Gasteiger partial charge in [0.1, 0.15) is 11.2 Å². The average Bonchev–Trinajstić information content (AvgIpc) is 3.06. The fourth-order valence-corrected chi connectivity index (χ4v) is 4.56. The van der Waals surface area contributed by atoms with Crippen LogP contribution >= 0.6 is 0 Å². The Morgan fingerprint density at radius 3 is 2.48 bits per heavy atom. The van der Waals surface area contributed by atoms with E-state index < -0.39 is 5.60 Å². The number of carbonyl (C=O) groups is 2. The molecule has 2 bridgehead atoms. The predicted octanol–water partition coefficient (Wildman–Crippen LogP) is 5.18. The number of hydrogen-bond donors (Lipinski definition) is 0. The van der Waals surface area contributed by atoms with Crippen molar-refractivity contribution in [3.05, 3.63) is 36.1 Å². The van der Waals surface area contributed by atoms with E-state index in [1.54, 1.807) is 6.26 Å². The first-order chi connectivity index (χ1) is 12.8. The van der Waals surface area contributed by atoms with Gasteiger partial charge in [-0.2, -0.15) is 0 Å². The number of hydrogen-bond acceptors (Lipinski definition) is 4. The number of ether oxygens (including phenoxy) is 1. The third-order valence-electron chi connectivity index (χ3n) is 5.69. The van der Waals surface area contributed by atoms with Crippen molar-refractivity contribution in [1.82, 2.24) is 4.90 Å². The summed E-state index contributed by atoms with van der Waals surface area (Å²) in [5.41, 5.74) is 1.03. The molecule has 0 spiro atoms. The minimum absolute atomic E-state index is 0.0386. The van der Waals surface area contributed by atoms with E-state index in [1.807, 2.05) is 49.9 Å². The number of piperidine rings is 2. The van der Waals surface area contributed by atoms with Gasteiger partial charge in [-0.15, -0.1) is 0 Å². The lowest BCUT2D eigenvalue weighted by molar-refractivity contribution is -0.0260. The number of Topliss-reactive ketones (excluding diaryl/α,β-unsaturated/α-hetero) is 1. The third kappa shape index (κ3) is 3.60. The molecule has 3 heterocycles. The van der Waals surface area contributed by atoms with Gasteiger partial charge in [-0.3, -0.25) is 4.79 Å². The van der Waals surface area contributed by atoms with Crippen LogP contribution in [0.3, 0.4) is 0 Å². The lowest BCUT2D eigenvalue weighted by atomic mass is 9.76. The Morgan fingerprint density at radius 1 is 1.11 bits per heavy atom. The normalized spacial score (nSPS) is 25.4. The van der Waals surface area contributed by atoms with Crippen molar-refractivity contribution in [2.45, 2.75) is 70.6 Å². The van der Waals surface area contributed by atoms with E-state index in [-0.39, 0.29) is 29.9 Å². The zero-order valence-corrected chi connectivity index (χ0v) is 16.2. The van der Waals surface area contributed by atoms with Crippen molar-refractivity contribution < 1.29 is 18.7 Å². The van der Waals surface area contributed by atoms with Crippen LogP contribution in [0, 0.1) is 5.92 Å². The highest BCUT2D eigenvalue weighted by Gasteiger charge is 2.44. The smallest absolute Gasteiger partial charge is 0.410 e. The molecule has 27 heavy (non-hydrogen) atoms. The second-order valence-corrected chi connectivity index (χ2v) is 8.83. The van der Waals surface area contributed by atoms with Gasteiger partial charge in [0.2, 0.25) is 0 Å². The zero-order chi connectivity index (χ0) is 19.2. The maximum Gasteiger partial charge on any atom is 0.410 e. The Bertz CT molecular complexity index is 849. The first-order valence-electron chi connectivity index (χ1n) is 9.84. The molecule has 4 rings (SSSR count). The van der Waals surface area contributed by atoms with E-state index in [2.05, 4.69) is 0 Å². The van der Waals surface area contributed by atoms with Crippen molar-refractivity contribution in [2.24, 2.45) is 5.92 Å². The third-order valence-corrected chi connectivity index (χ3v) is 5.69. The average molecular weight is 369 g/mol. The molecule has 0 saturated carbocycles. The molecule has 2 fully saturated rings. The molecule has 2 saturated heterocycles. The summed E-state index contributed by atoms with van der Waals surface area (Å²) in [5.74, 6) is 0.141. The number of furan rings is 1. The maximum absolute atomic E-state index is 13.1. The van der Waals surface area contributed by atoms with Crippen LogP contribution in [0.15, 0.2) is 34.9 Å². The van der Waals surface area contributed by atoms with Crippen LogP contribution in [-0.4, -0.2) is 34.5 Å². The van der Waals surface area contributed by atoms with E-state index in [4.69, 9.17) is 9.15 Å². The molecule has 0 N–H and O–H groups in total. The molecule has 0 aliphatic carbocycles. The number of rotatable bonds is 2. The summed E-state index contributed by atoms with van der Waals surface area (Å²) < 4.78 is 11.0. The zero-order valence-electron chi connectivity index (χ0n) is 16.2. The van der Waals surface area contributed by atoms with Gasteiger partial charge in [-0.05, 0) is 77.1 Å². The molecule has 1 aromatic heterocycles. The number of ketones is 1. The topological polar surface area (TPSA) is 59.8 Å². The summed E-state index contributed by atoms with van der Waals surface area (Å²) >= 11 is 0. The quantitative estimate of drug-likeness (QED) is 0.684. The van der Waals surface area contributed by atoms with Crippen molar-refractivity contribution in [1.29, 1.82) is 0 Å². The van der Waals surface area contributed by atoms with Crippen LogP contribution in [-0.2, 0) is 4.74 Å². The SMILES string of the molecule is CC(C)(C)OC(=O)N1C2CCCC1CC(C(=O)c1ccc3occc3c1)C2. The lowest BCUT2D eigenvalue weighted by Gasteiger charge is -2.48. The summed E-state index contributed by atoms with van der Waals surface area (Å²) in [6.07, 6.45) is 5.85. The Hall–Kier alpha value is -2.30. The second-order valence-electron chi connectivity index (χ2n) is 8.83. The first-order valence-corrected chi connectivity index (χ1v) is 9.84. The number of carbonyl (C=O) groups excluding carboxylic acids is 2. The molecule has 1 aromatic carbocycles. The molecule has 5 heteroatoms. The molecule has 2 aliphatic heterocycles. The molecule has 2 aliphatic rings. The molecule has 1 amide bonds. The van der Waals surface area contributed by atoms with Gasteiger partial charge >= 0.3 is 6.09 Å². The fourth-order valence-electron chi connectivity index (χ4n) is 4.56. The van der Waals surface area contributed by atoms with E-state index in [0.29, 0.717) is 0 Å². The Kier molecular flexibility index (Phi) is 4.49. The predicted molar refractivity (Wildman–Crippen MR) is 103 cm³/mol. The Balaban J connectivity index is 1.52. The highest BCUT2D eigenvalue weighted by molar-refractivity contribution is 6.00. The molecular weight excluding hydrogens is 342 g/mol. The van der Waals surface area contributed by atoms with Crippen LogP contribution in [0.5, 0.6) is 0 Å². The minimum atomic E-state index is -0.502. The van der Waals surface area contributed by atoms with E-state index >= 15 is 0 Å². The van der Waals surface area contributed by atoms with Crippen LogP contribution in [0.25, 0.3) is 11.0 Å². The van der Waals surface area contributed by atoms with E-state index in [9.17, 15) is 9.59 Å². The maximum atomic E-state index is 13.1. The van der Waals surface area contributed by atoms with Crippen LogP contribution in [0.1, 0.15) is 63.2 Å². The first kappa shape index (κ1) is 18.1. The Morgan fingerprint density at radius 2 is 1.81 bits per heavy atom. The van der Waals surface area contributed by atoms with Gasteiger partial charge in [0.15, 0.2) is 5.78 Å². The van der Waals surface area contributed by atoms with Crippen molar-refractivity contribution in [3.63, 3.8) is 0 Å². The van der Waals surface area contributed by atoms with Crippen molar-refractivity contribution in [3.8, 4) is 0 Å². The summed E-state index contributed by atoms with van der Waals surface area (Å²) in [4.78, 5) is 27.7. The van der Waals surface area contributed by atoms with Gasteiger partial charge in [-0.25, -0.2) is 4.79 Å². The van der Waals surface area contributed by atoms with Crippen LogP contribution in [0.4, 0.5) is 4.79 Å². The molecule has 144 valence electrons. The summed E-state index contributed by atoms with van der Waals surface area (Å²) in [6.45, 7) is 5.68. The number of amides is 1. The fraction of sp³-hybridized carbons (Fsp3) is 0.545. The van der Waals surface area contributed by atoms with Crippen molar-refractivity contribution >= 4 is 22.8 Å². The number of benzene rings is 1. The van der Waals surface area contributed by atoms with Gasteiger partial charge < -0.3 is 14.1 Å². The van der Waals surface area contributed by atoms with Crippen LogP contribution < -0.4 is 0 Å². The largest absolute Gasteiger partial charge is 0.464 e. The van der Waals surface area contributed by atoms with E-state index in [0.717, 1.165) is 48.6 Å². The van der Waals surface area contributed by atoms with Gasteiger partial charge in [0.25, 0.3) is 0 Å². The number of nitrogens with zero attached hydrogens (tertiary/aromatic N) is 1.